The van der Waals surface area contributed by atoms with Crippen molar-refractivity contribution in [2.24, 2.45) is 10.9 Å². The molecule has 2 amide bonds. The topological polar surface area (TPSA) is 113 Å². The van der Waals surface area contributed by atoms with Gasteiger partial charge in [0.2, 0.25) is 0 Å². The number of pyridine rings is 1. The van der Waals surface area contributed by atoms with Gasteiger partial charge in [0.25, 0.3) is 11.8 Å². The van der Waals surface area contributed by atoms with Crippen molar-refractivity contribution in [3.05, 3.63) is 82.3 Å². The van der Waals surface area contributed by atoms with Crippen molar-refractivity contribution in [1.82, 2.24) is 9.88 Å². The lowest BCUT2D eigenvalue weighted by Gasteiger charge is -2.29. The monoisotopic (exact) mass is 575 g/mol. The van der Waals surface area contributed by atoms with Crippen LogP contribution in [-0.4, -0.2) is 53.7 Å². The normalized spacial score (nSPS) is 13.5. The number of carbonyl (C=O) groups excluding carboxylic acids is 3. The molecule has 2 aromatic carbocycles. The average Bonchev–Trinajstić information content (AvgIpc) is 2.97. The first-order valence-corrected chi connectivity index (χ1v) is 13.2. The van der Waals surface area contributed by atoms with Gasteiger partial charge >= 0.3 is 5.97 Å². The zero-order chi connectivity index (χ0) is 29.4. The van der Waals surface area contributed by atoms with Crippen LogP contribution in [0.2, 0.25) is 5.02 Å². The van der Waals surface area contributed by atoms with E-state index in [0.29, 0.717) is 43.8 Å². The SMILES string of the molecule is C#Cc1ccc(NC(=O)c2cc(Cl)ccc2NC(=O)c2ccc(N=CN3CCC(C(=O)OCC)CC3)cc2F)nc1. The van der Waals surface area contributed by atoms with Crippen molar-refractivity contribution < 1.29 is 23.5 Å². The number of hydrogen-bond donors (Lipinski definition) is 2. The fourth-order valence-electron chi connectivity index (χ4n) is 4.17. The van der Waals surface area contributed by atoms with Crippen molar-refractivity contribution in [2.45, 2.75) is 19.8 Å². The molecule has 0 aliphatic carbocycles. The Morgan fingerprint density at radius 2 is 1.88 bits per heavy atom. The highest BCUT2D eigenvalue weighted by Gasteiger charge is 2.25. The number of nitrogens with zero attached hydrogens (tertiary/aromatic N) is 3. The van der Waals surface area contributed by atoms with Gasteiger partial charge in [-0.2, -0.15) is 0 Å². The highest BCUT2D eigenvalue weighted by molar-refractivity contribution is 6.31. The van der Waals surface area contributed by atoms with Crippen LogP contribution < -0.4 is 10.6 Å². The molecule has 1 aliphatic rings. The van der Waals surface area contributed by atoms with Gasteiger partial charge in [0.15, 0.2) is 0 Å². The summed E-state index contributed by atoms with van der Waals surface area (Å²) in [6.07, 6.45) is 9.66. The maximum atomic E-state index is 14.9. The number of hydrogen-bond acceptors (Lipinski definition) is 6. The van der Waals surface area contributed by atoms with E-state index in [1.807, 2.05) is 4.90 Å². The van der Waals surface area contributed by atoms with Gasteiger partial charge in [-0.25, -0.2) is 14.4 Å². The van der Waals surface area contributed by atoms with E-state index in [-0.39, 0.29) is 39.5 Å². The summed E-state index contributed by atoms with van der Waals surface area (Å²) in [6.45, 7) is 3.39. The number of ether oxygens (including phenoxy) is 1. The summed E-state index contributed by atoms with van der Waals surface area (Å²) < 4.78 is 20.0. The fraction of sp³-hybridized carbons (Fsp3) is 0.233. The zero-order valence-corrected chi connectivity index (χ0v) is 23.0. The first-order chi connectivity index (χ1) is 19.8. The largest absolute Gasteiger partial charge is 0.466 e. The van der Waals surface area contributed by atoms with Crippen molar-refractivity contribution in [1.29, 1.82) is 0 Å². The number of amides is 2. The molecule has 1 fully saturated rings. The number of benzene rings is 2. The maximum Gasteiger partial charge on any atom is 0.309 e. The van der Waals surface area contributed by atoms with E-state index < -0.39 is 17.6 Å². The van der Waals surface area contributed by atoms with Crippen molar-refractivity contribution in [3.8, 4) is 12.3 Å². The molecule has 0 unspecified atom stereocenters. The molecule has 9 nitrogen and oxygen atoms in total. The second kappa shape index (κ2) is 13.5. The van der Waals surface area contributed by atoms with Crippen LogP contribution in [0.1, 0.15) is 46.0 Å². The molecule has 0 saturated carbocycles. The number of likely N-dealkylation sites (tertiary alicyclic amines) is 1. The van der Waals surface area contributed by atoms with Gasteiger partial charge in [0, 0.05) is 35.9 Å². The predicted octanol–water partition coefficient (Wildman–Crippen LogP) is 5.29. The lowest BCUT2D eigenvalue weighted by molar-refractivity contribution is -0.149. The maximum absolute atomic E-state index is 14.9. The molecule has 3 aromatic rings. The minimum Gasteiger partial charge on any atom is -0.466 e. The Morgan fingerprint density at radius 1 is 1.12 bits per heavy atom. The minimum atomic E-state index is -0.782. The Morgan fingerprint density at radius 3 is 2.54 bits per heavy atom. The van der Waals surface area contributed by atoms with Gasteiger partial charge in [0.05, 0.1) is 41.4 Å². The Labute approximate surface area is 241 Å². The number of aromatic nitrogens is 1. The van der Waals surface area contributed by atoms with Crippen LogP contribution >= 0.6 is 11.6 Å². The second-order valence-corrected chi connectivity index (χ2v) is 9.58. The number of nitrogens with one attached hydrogen (secondary N) is 2. The lowest BCUT2D eigenvalue weighted by atomic mass is 9.97. The number of terminal acetylenes is 1. The van der Waals surface area contributed by atoms with Crippen LogP contribution in [0, 0.1) is 24.1 Å². The lowest BCUT2D eigenvalue weighted by Crippen LogP contribution is -2.36. The quantitative estimate of drug-likeness (QED) is 0.163. The Bertz CT molecular complexity index is 1510. The van der Waals surface area contributed by atoms with Gasteiger partial charge in [-0.05, 0) is 62.2 Å². The summed E-state index contributed by atoms with van der Waals surface area (Å²) in [5, 5.41) is 5.46. The summed E-state index contributed by atoms with van der Waals surface area (Å²) in [7, 11) is 0. The summed E-state index contributed by atoms with van der Waals surface area (Å²) in [4.78, 5) is 48.1. The van der Waals surface area contributed by atoms with E-state index in [9.17, 15) is 18.8 Å². The van der Waals surface area contributed by atoms with Gasteiger partial charge in [-0.3, -0.25) is 14.4 Å². The van der Waals surface area contributed by atoms with Crippen molar-refractivity contribution in [2.75, 3.05) is 30.3 Å². The molecule has 0 atom stereocenters. The number of anilines is 2. The molecule has 1 saturated heterocycles. The molecular formula is C30H27ClFN5O4. The Kier molecular flexibility index (Phi) is 9.66. The number of halogens is 2. The molecule has 11 heteroatoms. The van der Waals surface area contributed by atoms with Crippen LogP contribution in [0.15, 0.2) is 59.7 Å². The summed E-state index contributed by atoms with van der Waals surface area (Å²) in [6, 6.07) is 11.5. The number of piperidine rings is 1. The number of esters is 1. The second-order valence-electron chi connectivity index (χ2n) is 9.15. The molecule has 1 aromatic heterocycles. The Hall–Kier alpha value is -4.75. The number of aliphatic imine (C=N–C) groups is 1. The molecule has 0 spiro atoms. The van der Waals surface area contributed by atoms with Gasteiger partial charge in [-0.1, -0.05) is 17.5 Å². The van der Waals surface area contributed by atoms with Gasteiger partial charge in [-0.15, -0.1) is 6.42 Å². The summed E-state index contributed by atoms with van der Waals surface area (Å²) in [5.41, 5.74) is 0.827. The third-order valence-corrected chi connectivity index (χ3v) is 6.60. The van der Waals surface area contributed by atoms with Crippen LogP contribution in [0.3, 0.4) is 0 Å². The van der Waals surface area contributed by atoms with E-state index in [2.05, 4.69) is 26.5 Å². The molecule has 4 rings (SSSR count). The van der Waals surface area contributed by atoms with Crippen LogP contribution in [0.4, 0.5) is 21.6 Å². The highest BCUT2D eigenvalue weighted by Crippen LogP contribution is 2.25. The van der Waals surface area contributed by atoms with E-state index in [0.717, 1.165) is 6.07 Å². The number of rotatable bonds is 8. The zero-order valence-electron chi connectivity index (χ0n) is 22.2. The first kappa shape index (κ1) is 29.2. The minimum absolute atomic E-state index is 0.0574. The van der Waals surface area contributed by atoms with Crippen molar-refractivity contribution >= 4 is 52.9 Å². The van der Waals surface area contributed by atoms with E-state index >= 15 is 0 Å². The average molecular weight is 576 g/mol. The van der Waals surface area contributed by atoms with Crippen LogP contribution in [0.25, 0.3) is 0 Å². The molecule has 2 heterocycles. The van der Waals surface area contributed by atoms with Crippen LogP contribution in [0.5, 0.6) is 0 Å². The highest BCUT2D eigenvalue weighted by atomic mass is 35.5. The predicted molar refractivity (Wildman–Crippen MR) is 155 cm³/mol. The van der Waals surface area contributed by atoms with Gasteiger partial charge < -0.3 is 20.3 Å². The number of carbonyl (C=O) groups is 3. The molecule has 2 N–H and O–H groups in total. The fourth-order valence-corrected chi connectivity index (χ4v) is 4.34. The van der Waals surface area contributed by atoms with Crippen LogP contribution in [-0.2, 0) is 9.53 Å². The third kappa shape index (κ3) is 7.68. The smallest absolute Gasteiger partial charge is 0.309 e. The van der Waals surface area contributed by atoms with Crippen molar-refractivity contribution in [3.63, 3.8) is 0 Å². The molecule has 0 bridgehead atoms. The molecular weight excluding hydrogens is 549 g/mol. The Balaban J connectivity index is 1.41. The standard InChI is InChI=1S/C30H27ClFN5O4/c1-3-19-5-10-27(33-17-19)36-29(39)24-15-21(31)6-9-26(24)35-28(38)23-8-7-22(16-25(23)32)34-18-37-13-11-20(12-14-37)30(40)41-4-2/h1,5-10,15-18,20H,4,11-14H2,2H3,(H,35,38)(H,33,36,39). The van der Waals surface area contributed by atoms with Gasteiger partial charge in [0.1, 0.15) is 11.6 Å². The van der Waals surface area contributed by atoms with E-state index in [1.165, 1.54) is 36.5 Å². The summed E-state index contributed by atoms with van der Waals surface area (Å²) in [5.74, 6) is 0.254. The third-order valence-electron chi connectivity index (χ3n) is 6.36. The molecule has 210 valence electrons. The first-order valence-electron chi connectivity index (χ1n) is 12.9. The molecule has 41 heavy (non-hydrogen) atoms. The van der Waals surface area contributed by atoms with E-state index in [4.69, 9.17) is 22.8 Å². The van der Waals surface area contributed by atoms with E-state index in [1.54, 1.807) is 25.4 Å². The summed E-state index contributed by atoms with van der Waals surface area (Å²) >= 11 is 6.09. The molecule has 1 aliphatic heterocycles. The molecule has 0 radical (unpaired) electrons.